The number of thiazole rings is 1. The largest absolute Gasteiger partial charge is 0.348 e. The van der Waals surface area contributed by atoms with Crippen molar-refractivity contribution in [1.29, 1.82) is 0 Å². The summed E-state index contributed by atoms with van der Waals surface area (Å²) in [5, 5.41) is 5.61. The van der Waals surface area contributed by atoms with Crippen LogP contribution >= 0.6 is 11.3 Å². The summed E-state index contributed by atoms with van der Waals surface area (Å²) in [6, 6.07) is 12.2. The number of rotatable bonds is 7. The van der Waals surface area contributed by atoms with Crippen LogP contribution in [0.3, 0.4) is 0 Å². The molecule has 1 aromatic carbocycles. The first-order valence-electron chi connectivity index (χ1n) is 9.05. The molecule has 0 aliphatic carbocycles. The number of carbonyl (C=O) groups excluding carboxylic acids is 1. The molecule has 0 aliphatic heterocycles. The van der Waals surface area contributed by atoms with Gasteiger partial charge in [0.1, 0.15) is 0 Å². The Morgan fingerprint density at radius 1 is 1.23 bits per heavy atom. The van der Waals surface area contributed by atoms with Gasteiger partial charge in [-0.1, -0.05) is 37.3 Å². The molecule has 0 bridgehead atoms. The van der Waals surface area contributed by atoms with Crippen LogP contribution in [0.25, 0.3) is 11.3 Å². The SMILES string of the molecule is CCCn1c(C)cc(-c2csc(NC(=O)CCc3ccccc3)n2)c1C. The van der Waals surface area contributed by atoms with Crippen LogP contribution in [0.2, 0.25) is 0 Å². The van der Waals surface area contributed by atoms with Crippen LogP contribution in [0, 0.1) is 13.8 Å². The molecule has 2 aromatic heterocycles. The second-order valence-electron chi connectivity index (χ2n) is 6.51. The Morgan fingerprint density at radius 3 is 2.73 bits per heavy atom. The van der Waals surface area contributed by atoms with E-state index in [1.807, 2.05) is 35.7 Å². The molecule has 1 amide bonds. The quantitative estimate of drug-likeness (QED) is 0.623. The highest BCUT2D eigenvalue weighted by atomic mass is 32.1. The number of hydrogen-bond donors (Lipinski definition) is 1. The van der Waals surface area contributed by atoms with Crippen LogP contribution in [-0.4, -0.2) is 15.5 Å². The minimum Gasteiger partial charge on any atom is -0.348 e. The summed E-state index contributed by atoms with van der Waals surface area (Å²) in [5.74, 6) is 0.00575. The van der Waals surface area contributed by atoms with E-state index in [0.717, 1.165) is 30.6 Å². The number of nitrogens with zero attached hydrogens (tertiary/aromatic N) is 2. The number of carbonyl (C=O) groups is 1. The van der Waals surface area contributed by atoms with Gasteiger partial charge in [-0.25, -0.2) is 4.98 Å². The van der Waals surface area contributed by atoms with E-state index in [0.29, 0.717) is 11.6 Å². The summed E-state index contributed by atoms with van der Waals surface area (Å²) in [7, 11) is 0. The van der Waals surface area contributed by atoms with Crippen LogP contribution in [0.15, 0.2) is 41.8 Å². The van der Waals surface area contributed by atoms with Gasteiger partial charge in [0.05, 0.1) is 5.69 Å². The molecule has 3 rings (SSSR count). The molecule has 4 nitrogen and oxygen atoms in total. The number of nitrogens with one attached hydrogen (secondary N) is 1. The topological polar surface area (TPSA) is 46.9 Å². The van der Waals surface area contributed by atoms with Gasteiger partial charge < -0.3 is 9.88 Å². The van der Waals surface area contributed by atoms with Crippen molar-refractivity contribution in [1.82, 2.24) is 9.55 Å². The third-order valence-corrected chi connectivity index (χ3v) is 5.29. The Labute approximate surface area is 158 Å². The smallest absolute Gasteiger partial charge is 0.226 e. The van der Waals surface area contributed by atoms with E-state index in [2.05, 4.69) is 41.7 Å². The van der Waals surface area contributed by atoms with Crippen molar-refractivity contribution in [3.63, 3.8) is 0 Å². The number of aryl methyl sites for hydroxylation is 2. The van der Waals surface area contributed by atoms with Gasteiger partial charge in [-0.2, -0.15) is 0 Å². The van der Waals surface area contributed by atoms with Gasteiger partial charge in [0.2, 0.25) is 5.91 Å². The molecule has 0 unspecified atom stereocenters. The van der Waals surface area contributed by atoms with Crippen LogP contribution in [0.1, 0.15) is 36.7 Å². The normalized spacial score (nSPS) is 10.9. The Bertz CT molecular complexity index is 880. The Morgan fingerprint density at radius 2 is 2.00 bits per heavy atom. The minimum atomic E-state index is 0.00575. The van der Waals surface area contributed by atoms with Gasteiger partial charge in [-0.3, -0.25) is 4.79 Å². The highest BCUT2D eigenvalue weighted by molar-refractivity contribution is 7.14. The Balaban J connectivity index is 1.65. The number of anilines is 1. The van der Waals surface area contributed by atoms with E-state index in [9.17, 15) is 4.79 Å². The summed E-state index contributed by atoms with van der Waals surface area (Å²) < 4.78 is 2.33. The molecule has 2 heterocycles. The minimum absolute atomic E-state index is 0.00575. The maximum atomic E-state index is 12.2. The first-order valence-corrected chi connectivity index (χ1v) is 9.93. The lowest BCUT2D eigenvalue weighted by Gasteiger charge is -2.07. The Kier molecular flexibility index (Phi) is 5.89. The lowest BCUT2D eigenvalue weighted by atomic mass is 10.1. The van der Waals surface area contributed by atoms with E-state index < -0.39 is 0 Å². The van der Waals surface area contributed by atoms with Crippen LogP contribution in [0.4, 0.5) is 5.13 Å². The summed E-state index contributed by atoms with van der Waals surface area (Å²) in [6.07, 6.45) is 2.31. The van der Waals surface area contributed by atoms with Gasteiger partial charge in [0.25, 0.3) is 0 Å². The highest BCUT2D eigenvalue weighted by Gasteiger charge is 2.14. The van der Waals surface area contributed by atoms with Gasteiger partial charge in [0, 0.05) is 35.3 Å². The van der Waals surface area contributed by atoms with E-state index in [4.69, 9.17) is 0 Å². The fourth-order valence-corrected chi connectivity index (χ4v) is 3.89. The fraction of sp³-hybridized carbons (Fsp3) is 0.333. The second-order valence-corrected chi connectivity index (χ2v) is 7.37. The van der Waals surface area contributed by atoms with E-state index in [-0.39, 0.29) is 5.91 Å². The van der Waals surface area contributed by atoms with Crippen molar-refractivity contribution in [2.45, 2.75) is 46.6 Å². The molecular weight excluding hydrogens is 342 g/mol. The molecule has 0 saturated carbocycles. The predicted molar refractivity (Wildman–Crippen MR) is 109 cm³/mol. The predicted octanol–water partition coefficient (Wildman–Crippen LogP) is 5.21. The Hall–Kier alpha value is -2.40. The molecular formula is C21H25N3OS. The lowest BCUT2D eigenvalue weighted by Crippen LogP contribution is -2.12. The molecule has 0 spiro atoms. The molecule has 5 heteroatoms. The van der Waals surface area contributed by atoms with E-state index in [1.165, 1.54) is 28.3 Å². The monoisotopic (exact) mass is 367 g/mol. The number of amides is 1. The molecule has 0 aliphatic rings. The van der Waals surface area contributed by atoms with Crippen molar-refractivity contribution in [3.8, 4) is 11.3 Å². The molecule has 0 saturated heterocycles. The fourth-order valence-electron chi connectivity index (χ4n) is 3.17. The van der Waals surface area contributed by atoms with Gasteiger partial charge in [0.15, 0.2) is 5.13 Å². The lowest BCUT2D eigenvalue weighted by molar-refractivity contribution is -0.116. The van der Waals surface area contributed by atoms with Gasteiger partial charge in [-0.15, -0.1) is 11.3 Å². The maximum Gasteiger partial charge on any atom is 0.226 e. The molecule has 26 heavy (non-hydrogen) atoms. The van der Waals surface area contributed by atoms with Crippen molar-refractivity contribution in [3.05, 3.63) is 58.7 Å². The summed E-state index contributed by atoms with van der Waals surface area (Å²) in [6.45, 7) is 7.47. The van der Waals surface area contributed by atoms with Crippen LogP contribution in [0.5, 0.6) is 0 Å². The second kappa shape index (κ2) is 8.32. The molecule has 1 N–H and O–H groups in total. The van der Waals surface area contributed by atoms with Crippen molar-refractivity contribution >= 4 is 22.4 Å². The van der Waals surface area contributed by atoms with Crippen LogP contribution < -0.4 is 5.32 Å². The molecule has 0 radical (unpaired) electrons. The molecule has 3 aromatic rings. The number of hydrogen-bond acceptors (Lipinski definition) is 3. The summed E-state index contributed by atoms with van der Waals surface area (Å²) in [5.41, 5.74) is 5.74. The van der Waals surface area contributed by atoms with E-state index in [1.54, 1.807) is 0 Å². The zero-order valence-corrected chi connectivity index (χ0v) is 16.4. The molecule has 0 atom stereocenters. The zero-order chi connectivity index (χ0) is 18.5. The summed E-state index contributed by atoms with van der Waals surface area (Å²) >= 11 is 1.48. The third kappa shape index (κ3) is 4.22. The average molecular weight is 368 g/mol. The highest BCUT2D eigenvalue weighted by Crippen LogP contribution is 2.30. The summed E-state index contributed by atoms with van der Waals surface area (Å²) in [4.78, 5) is 16.8. The van der Waals surface area contributed by atoms with E-state index >= 15 is 0 Å². The average Bonchev–Trinajstić information content (AvgIpc) is 3.20. The number of benzene rings is 1. The zero-order valence-electron chi connectivity index (χ0n) is 15.6. The maximum absolute atomic E-state index is 12.2. The van der Waals surface area contributed by atoms with Crippen molar-refractivity contribution in [2.75, 3.05) is 5.32 Å². The third-order valence-electron chi connectivity index (χ3n) is 4.53. The molecule has 136 valence electrons. The van der Waals surface area contributed by atoms with Crippen molar-refractivity contribution in [2.24, 2.45) is 0 Å². The number of aromatic nitrogens is 2. The van der Waals surface area contributed by atoms with Crippen molar-refractivity contribution < 1.29 is 4.79 Å². The van der Waals surface area contributed by atoms with Gasteiger partial charge in [-0.05, 0) is 38.3 Å². The first-order chi connectivity index (χ1) is 12.6. The van der Waals surface area contributed by atoms with Gasteiger partial charge >= 0.3 is 0 Å². The standard InChI is InChI=1S/C21H25N3OS/c1-4-12-24-15(2)13-18(16(24)3)19-14-26-21(22-19)23-20(25)11-10-17-8-6-5-7-9-17/h5-9,13-14H,4,10-12H2,1-3H3,(H,22,23,25). The van der Waals surface area contributed by atoms with Crippen LogP contribution in [-0.2, 0) is 17.8 Å². The first kappa shape index (κ1) is 18.4. The molecule has 0 fully saturated rings.